The summed E-state index contributed by atoms with van der Waals surface area (Å²) in [5.41, 5.74) is 8.85. The lowest BCUT2D eigenvalue weighted by molar-refractivity contribution is -0.122. The molecule has 90 valence electrons. The molecule has 1 fully saturated rings. The molecule has 0 aromatic heterocycles. The van der Waals surface area contributed by atoms with Crippen molar-refractivity contribution in [3.05, 3.63) is 23.8 Å². The van der Waals surface area contributed by atoms with Crippen LogP contribution in [0.3, 0.4) is 0 Å². The van der Waals surface area contributed by atoms with E-state index in [9.17, 15) is 4.79 Å². The van der Waals surface area contributed by atoms with Crippen molar-refractivity contribution in [1.82, 2.24) is 0 Å². The van der Waals surface area contributed by atoms with Crippen LogP contribution in [0, 0.1) is 5.92 Å². The van der Waals surface area contributed by atoms with Gasteiger partial charge in [0.15, 0.2) is 0 Å². The summed E-state index contributed by atoms with van der Waals surface area (Å²) in [4.78, 5) is 14.4. The zero-order valence-electron chi connectivity index (χ0n) is 9.98. The van der Waals surface area contributed by atoms with Gasteiger partial charge in [-0.15, -0.1) is 0 Å². The minimum absolute atomic E-state index is 0.252. The van der Waals surface area contributed by atoms with Crippen LogP contribution < -0.4 is 10.6 Å². The molecule has 2 N–H and O–H groups in total. The number of rotatable bonds is 1. The van der Waals surface area contributed by atoms with E-state index in [4.69, 9.17) is 5.73 Å². The van der Waals surface area contributed by atoms with Gasteiger partial charge in [0.2, 0.25) is 5.91 Å². The Morgan fingerprint density at radius 1 is 1.29 bits per heavy atom. The topological polar surface area (TPSA) is 46.3 Å². The number of nitrogen functional groups attached to an aromatic ring is 1. The molecule has 1 heterocycles. The first kappa shape index (κ1) is 10.6. The fourth-order valence-corrected chi connectivity index (χ4v) is 3.02. The molecule has 0 atom stereocenters. The molecule has 0 radical (unpaired) electrons. The van der Waals surface area contributed by atoms with Crippen molar-refractivity contribution in [2.45, 2.75) is 32.1 Å². The van der Waals surface area contributed by atoms with Crippen molar-refractivity contribution in [2.24, 2.45) is 5.92 Å². The van der Waals surface area contributed by atoms with Gasteiger partial charge in [0.05, 0.1) is 0 Å². The van der Waals surface area contributed by atoms with E-state index in [2.05, 4.69) is 0 Å². The predicted molar refractivity (Wildman–Crippen MR) is 68.9 cm³/mol. The smallest absolute Gasteiger partial charge is 0.230 e. The Balaban J connectivity index is 1.87. The summed E-state index contributed by atoms with van der Waals surface area (Å²) in [6.45, 7) is 0.828. The van der Waals surface area contributed by atoms with Gasteiger partial charge >= 0.3 is 0 Å². The molecule has 3 heteroatoms. The fourth-order valence-electron chi connectivity index (χ4n) is 3.02. The van der Waals surface area contributed by atoms with Gasteiger partial charge in [-0.3, -0.25) is 4.79 Å². The van der Waals surface area contributed by atoms with Crippen molar-refractivity contribution >= 4 is 17.3 Å². The lowest BCUT2D eigenvalue weighted by atomic mass is 10.1. The molecule has 1 aliphatic carbocycles. The van der Waals surface area contributed by atoms with E-state index in [1.54, 1.807) is 0 Å². The summed E-state index contributed by atoms with van der Waals surface area (Å²) in [7, 11) is 0. The average molecular weight is 230 g/mol. The Bertz CT molecular complexity index is 450. The van der Waals surface area contributed by atoms with Gasteiger partial charge in [-0.25, -0.2) is 0 Å². The summed E-state index contributed by atoms with van der Waals surface area (Å²) >= 11 is 0. The summed E-state index contributed by atoms with van der Waals surface area (Å²) in [5, 5.41) is 0. The zero-order valence-corrected chi connectivity index (χ0v) is 9.98. The molecule has 1 aromatic rings. The van der Waals surface area contributed by atoms with Gasteiger partial charge in [-0.1, -0.05) is 18.9 Å². The second-order valence-corrected chi connectivity index (χ2v) is 5.11. The first-order valence-electron chi connectivity index (χ1n) is 6.45. The number of hydrogen-bond acceptors (Lipinski definition) is 2. The Labute approximate surface area is 102 Å². The maximum absolute atomic E-state index is 12.4. The summed E-state index contributed by atoms with van der Waals surface area (Å²) in [5.74, 6) is 0.564. The van der Waals surface area contributed by atoms with Crippen molar-refractivity contribution in [1.29, 1.82) is 0 Å². The number of carbonyl (C=O) groups is 1. The molecular formula is C14H18N2O. The highest BCUT2D eigenvalue weighted by molar-refractivity contribution is 5.97. The summed E-state index contributed by atoms with van der Waals surface area (Å²) in [6.07, 6.45) is 5.50. The SMILES string of the molecule is Nc1ccc2c(c1)N(C(=O)C1CCCC1)CC2. The monoisotopic (exact) mass is 230 g/mol. The van der Waals surface area contributed by atoms with E-state index in [1.807, 2.05) is 23.1 Å². The Kier molecular flexibility index (Phi) is 2.54. The fraction of sp³-hybridized carbons (Fsp3) is 0.500. The molecule has 0 saturated heterocycles. The minimum Gasteiger partial charge on any atom is -0.399 e. The molecule has 3 nitrogen and oxygen atoms in total. The van der Waals surface area contributed by atoms with Gasteiger partial charge in [0.1, 0.15) is 0 Å². The first-order chi connectivity index (χ1) is 8.25. The zero-order chi connectivity index (χ0) is 11.8. The van der Waals surface area contributed by atoms with Crippen LogP contribution in [0.1, 0.15) is 31.2 Å². The second kappa shape index (κ2) is 4.06. The third kappa shape index (κ3) is 1.79. The molecule has 17 heavy (non-hydrogen) atoms. The second-order valence-electron chi connectivity index (χ2n) is 5.11. The maximum Gasteiger partial charge on any atom is 0.230 e. The molecule has 2 aliphatic rings. The lowest BCUT2D eigenvalue weighted by Crippen LogP contribution is -2.33. The molecule has 0 spiro atoms. The molecule has 1 aliphatic heterocycles. The lowest BCUT2D eigenvalue weighted by Gasteiger charge is -2.21. The third-order valence-corrected chi connectivity index (χ3v) is 3.98. The highest BCUT2D eigenvalue weighted by Gasteiger charge is 2.31. The van der Waals surface area contributed by atoms with E-state index in [1.165, 1.54) is 18.4 Å². The van der Waals surface area contributed by atoms with Crippen LogP contribution in [0.2, 0.25) is 0 Å². The molecule has 1 saturated carbocycles. The largest absolute Gasteiger partial charge is 0.399 e. The molecule has 1 amide bonds. The van der Waals surface area contributed by atoms with Crippen molar-refractivity contribution in [2.75, 3.05) is 17.2 Å². The number of hydrogen-bond donors (Lipinski definition) is 1. The van der Waals surface area contributed by atoms with Crippen LogP contribution >= 0.6 is 0 Å². The number of nitrogens with zero attached hydrogens (tertiary/aromatic N) is 1. The summed E-state index contributed by atoms with van der Waals surface area (Å²) < 4.78 is 0. The van der Waals surface area contributed by atoms with Crippen LogP contribution in [-0.2, 0) is 11.2 Å². The van der Waals surface area contributed by atoms with Crippen LogP contribution in [0.5, 0.6) is 0 Å². The van der Waals surface area contributed by atoms with Gasteiger partial charge in [0, 0.05) is 23.8 Å². The minimum atomic E-state index is 0.252. The van der Waals surface area contributed by atoms with E-state index in [-0.39, 0.29) is 5.92 Å². The first-order valence-corrected chi connectivity index (χ1v) is 6.45. The van der Waals surface area contributed by atoms with Gasteiger partial charge in [-0.2, -0.15) is 0 Å². The van der Waals surface area contributed by atoms with E-state index in [0.29, 0.717) is 5.91 Å². The normalized spacial score (nSPS) is 19.6. The summed E-state index contributed by atoms with van der Waals surface area (Å²) in [6, 6.07) is 5.91. The Morgan fingerprint density at radius 2 is 2.06 bits per heavy atom. The van der Waals surface area contributed by atoms with Crippen molar-refractivity contribution in [3.8, 4) is 0 Å². The predicted octanol–water partition coefficient (Wildman–Crippen LogP) is 2.35. The Morgan fingerprint density at radius 3 is 2.82 bits per heavy atom. The number of carbonyl (C=O) groups excluding carboxylic acids is 1. The number of benzene rings is 1. The van der Waals surface area contributed by atoms with Gasteiger partial charge < -0.3 is 10.6 Å². The number of fused-ring (bicyclic) bond motifs is 1. The van der Waals surface area contributed by atoms with Crippen LogP contribution in [0.25, 0.3) is 0 Å². The number of anilines is 2. The van der Waals surface area contributed by atoms with E-state index >= 15 is 0 Å². The molecular weight excluding hydrogens is 212 g/mol. The van der Waals surface area contributed by atoms with Crippen LogP contribution in [-0.4, -0.2) is 12.5 Å². The highest BCUT2D eigenvalue weighted by atomic mass is 16.2. The third-order valence-electron chi connectivity index (χ3n) is 3.98. The Hall–Kier alpha value is -1.51. The maximum atomic E-state index is 12.4. The molecule has 1 aromatic carbocycles. The van der Waals surface area contributed by atoms with Gasteiger partial charge in [-0.05, 0) is 37.0 Å². The molecule has 0 unspecified atom stereocenters. The van der Waals surface area contributed by atoms with Crippen molar-refractivity contribution in [3.63, 3.8) is 0 Å². The van der Waals surface area contributed by atoms with Crippen molar-refractivity contribution < 1.29 is 4.79 Å². The van der Waals surface area contributed by atoms with Crippen LogP contribution in [0.4, 0.5) is 11.4 Å². The molecule has 0 bridgehead atoms. The van der Waals surface area contributed by atoms with Crippen LogP contribution in [0.15, 0.2) is 18.2 Å². The average Bonchev–Trinajstić information content (AvgIpc) is 2.97. The molecule has 3 rings (SSSR count). The quantitative estimate of drug-likeness (QED) is 0.753. The van der Waals surface area contributed by atoms with E-state index < -0.39 is 0 Å². The van der Waals surface area contributed by atoms with Gasteiger partial charge in [0.25, 0.3) is 0 Å². The standard InChI is InChI=1S/C14H18N2O/c15-12-6-5-10-7-8-16(13(10)9-12)14(17)11-3-1-2-4-11/h5-6,9,11H,1-4,7-8,15H2. The van der Waals surface area contributed by atoms with E-state index in [0.717, 1.165) is 37.2 Å². The highest BCUT2D eigenvalue weighted by Crippen LogP contribution is 2.34. The number of nitrogens with two attached hydrogens (primary N) is 1. The number of amides is 1.